The average molecular weight is 300 g/mol. The van der Waals surface area contributed by atoms with Gasteiger partial charge >= 0.3 is 0 Å². The number of carbonyl (C=O) groups excluding carboxylic acids is 1. The molecule has 0 saturated carbocycles. The SMILES string of the molecule is CCN(CC)C(=S)SCC(=O)N[C@H](C)c1ccco1. The third kappa shape index (κ3) is 5.24. The highest BCUT2D eigenvalue weighted by atomic mass is 32.2. The lowest BCUT2D eigenvalue weighted by atomic mass is 10.2. The van der Waals surface area contributed by atoms with E-state index in [0.29, 0.717) is 5.75 Å². The highest BCUT2D eigenvalue weighted by Gasteiger charge is 2.13. The zero-order valence-electron chi connectivity index (χ0n) is 11.5. The van der Waals surface area contributed by atoms with E-state index in [1.54, 1.807) is 6.26 Å². The molecule has 19 heavy (non-hydrogen) atoms. The molecule has 1 aromatic heterocycles. The van der Waals surface area contributed by atoms with E-state index in [9.17, 15) is 4.79 Å². The fourth-order valence-electron chi connectivity index (χ4n) is 1.59. The minimum Gasteiger partial charge on any atom is -0.467 e. The number of nitrogens with zero attached hydrogens (tertiary/aromatic N) is 1. The lowest BCUT2D eigenvalue weighted by molar-refractivity contribution is -0.119. The van der Waals surface area contributed by atoms with Crippen LogP contribution in [0.25, 0.3) is 0 Å². The van der Waals surface area contributed by atoms with Crippen molar-refractivity contribution in [1.82, 2.24) is 10.2 Å². The van der Waals surface area contributed by atoms with Crippen LogP contribution in [0, 0.1) is 0 Å². The maximum absolute atomic E-state index is 11.8. The third-order valence-electron chi connectivity index (χ3n) is 2.70. The fraction of sp³-hybridized carbons (Fsp3) is 0.538. The third-order valence-corrected chi connectivity index (χ3v) is 4.22. The molecule has 1 rings (SSSR count). The summed E-state index contributed by atoms with van der Waals surface area (Å²) in [5.74, 6) is 1.05. The van der Waals surface area contributed by atoms with Gasteiger partial charge in [0, 0.05) is 13.1 Å². The Bertz CT molecular complexity index is 403. The van der Waals surface area contributed by atoms with E-state index in [4.69, 9.17) is 16.6 Å². The van der Waals surface area contributed by atoms with Crippen LogP contribution in [-0.4, -0.2) is 34.0 Å². The molecule has 0 aliphatic rings. The second-order valence-electron chi connectivity index (χ2n) is 4.03. The molecule has 0 unspecified atom stereocenters. The predicted octanol–water partition coefficient (Wildman–Crippen LogP) is 2.82. The van der Waals surface area contributed by atoms with Crippen LogP contribution in [0.1, 0.15) is 32.6 Å². The van der Waals surface area contributed by atoms with Gasteiger partial charge in [0.2, 0.25) is 5.91 Å². The molecule has 1 heterocycles. The Kier molecular flexibility index (Phi) is 6.94. The molecule has 0 saturated heterocycles. The number of thiocarbonyl (C=S) groups is 1. The monoisotopic (exact) mass is 300 g/mol. The molecule has 1 atom stereocenters. The van der Waals surface area contributed by atoms with Gasteiger partial charge in [-0.25, -0.2) is 0 Å². The van der Waals surface area contributed by atoms with Crippen molar-refractivity contribution < 1.29 is 9.21 Å². The number of hydrogen-bond donors (Lipinski definition) is 1. The Morgan fingerprint density at radius 1 is 1.53 bits per heavy atom. The highest BCUT2D eigenvalue weighted by molar-refractivity contribution is 8.23. The molecule has 6 heteroatoms. The van der Waals surface area contributed by atoms with Crippen molar-refractivity contribution in [2.24, 2.45) is 0 Å². The first kappa shape index (κ1) is 16.0. The minimum atomic E-state index is -0.120. The molecule has 1 aromatic rings. The van der Waals surface area contributed by atoms with Crippen molar-refractivity contribution in [1.29, 1.82) is 0 Å². The van der Waals surface area contributed by atoms with Gasteiger partial charge in [0.15, 0.2) is 0 Å². The number of furan rings is 1. The van der Waals surface area contributed by atoms with Crippen LogP contribution in [0.4, 0.5) is 0 Å². The fourth-order valence-corrected chi connectivity index (χ4v) is 2.81. The van der Waals surface area contributed by atoms with Crippen molar-refractivity contribution in [2.45, 2.75) is 26.8 Å². The summed E-state index contributed by atoms with van der Waals surface area (Å²) >= 11 is 6.67. The van der Waals surface area contributed by atoms with Crippen LogP contribution in [-0.2, 0) is 4.79 Å². The topological polar surface area (TPSA) is 45.5 Å². The van der Waals surface area contributed by atoms with Gasteiger partial charge in [-0.3, -0.25) is 4.79 Å². The van der Waals surface area contributed by atoms with Gasteiger partial charge in [0.05, 0.1) is 18.1 Å². The van der Waals surface area contributed by atoms with Crippen LogP contribution < -0.4 is 5.32 Å². The summed E-state index contributed by atoms with van der Waals surface area (Å²) in [5, 5.41) is 2.88. The Labute approximate surface area is 123 Å². The van der Waals surface area contributed by atoms with Crippen LogP contribution >= 0.6 is 24.0 Å². The average Bonchev–Trinajstić information content (AvgIpc) is 2.91. The number of thioether (sulfide) groups is 1. The summed E-state index contributed by atoms with van der Waals surface area (Å²) in [5.41, 5.74) is 0. The smallest absolute Gasteiger partial charge is 0.231 e. The molecule has 0 bridgehead atoms. The first-order valence-electron chi connectivity index (χ1n) is 6.32. The van der Waals surface area contributed by atoms with Gasteiger partial charge in [-0.1, -0.05) is 24.0 Å². The summed E-state index contributed by atoms with van der Waals surface area (Å²) in [7, 11) is 0. The molecule has 0 spiro atoms. The van der Waals surface area contributed by atoms with Crippen molar-refractivity contribution in [3.8, 4) is 0 Å². The molecular weight excluding hydrogens is 280 g/mol. The number of hydrogen-bond acceptors (Lipinski definition) is 4. The standard InChI is InChI=1S/C13H20N2O2S2/c1-4-15(5-2)13(18)19-9-12(16)14-10(3)11-7-6-8-17-11/h6-8,10H,4-5,9H2,1-3H3,(H,14,16)/t10-/m1/s1. The molecule has 0 aromatic carbocycles. The zero-order valence-corrected chi connectivity index (χ0v) is 13.1. The number of carbonyl (C=O) groups is 1. The largest absolute Gasteiger partial charge is 0.467 e. The molecule has 106 valence electrons. The van der Waals surface area contributed by atoms with Crippen LogP contribution in [0.15, 0.2) is 22.8 Å². The van der Waals surface area contributed by atoms with Gasteiger partial charge in [-0.05, 0) is 32.9 Å². The maximum atomic E-state index is 11.8. The lowest BCUT2D eigenvalue weighted by Gasteiger charge is -2.20. The first-order chi connectivity index (χ1) is 9.08. The van der Waals surface area contributed by atoms with Gasteiger partial charge < -0.3 is 14.6 Å². The van der Waals surface area contributed by atoms with Crippen molar-refractivity contribution in [3.63, 3.8) is 0 Å². The van der Waals surface area contributed by atoms with Gasteiger partial charge in [-0.2, -0.15) is 0 Å². The Morgan fingerprint density at radius 3 is 2.74 bits per heavy atom. The maximum Gasteiger partial charge on any atom is 0.231 e. The number of nitrogens with one attached hydrogen (secondary N) is 1. The molecule has 1 N–H and O–H groups in total. The van der Waals surface area contributed by atoms with Crippen molar-refractivity contribution in [2.75, 3.05) is 18.8 Å². The van der Waals surface area contributed by atoms with Crippen LogP contribution in [0.5, 0.6) is 0 Å². The molecule has 0 aliphatic carbocycles. The van der Waals surface area contributed by atoms with Gasteiger partial charge in [0.25, 0.3) is 0 Å². The van der Waals surface area contributed by atoms with E-state index in [-0.39, 0.29) is 11.9 Å². The Morgan fingerprint density at radius 2 is 2.21 bits per heavy atom. The van der Waals surface area contributed by atoms with E-state index in [2.05, 4.69) is 24.1 Å². The Hall–Kier alpha value is -1.01. The molecule has 0 radical (unpaired) electrons. The second kappa shape index (κ2) is 8.22. The predicted molar refractivity (Wildman–Crippen MR) is 83.2 cm³/mol. The van der Waals surface area contributed by atoms with Gasteiger partial charge in [-0.15, -0.1) is 0 Å². The van der Waals surface area contributed by atoms with E-state index in [0.717, 1.165) is 23.2 Å². The second-order valence-corrected chi connectivity index (χ2v) is 5.64. The first-order valence-corrected chi connectivity index (χ1v) is 7.72. The number of amides is 1. The zero-order chi connectivity index (χ0) is 14.3. The normalized spacial score (nSPS) is 11.9. The van der Waals surface area contributed by atoms with Crippen LogP contribution in [0.2, 0.25) is 0 Å². The molecule has 0 fully saturated rings. The minimum absolute atomic E-state index is 0.0385. The quantitative estimate of drug-likeness (QED) is 0.819. The molecule has 1 amide bonds. The summed E-state index contributed by atoms with van der Waals surface area (Å²) in [6.45, 7) is 7.73. The van der Waals surface area contributed by atoms with Crippen molar-refractivity contribution >= 4 is 34.2 Å². The van der Waals surface area contributed by atoms with E-state index in [1.807, 2.05) is 19.1 Å². The lowest BCUT2D eigenvalue weighted by Crippen LogP contribution is -2.31. The summed E-state index contributed by atoms with van der Waals surface area (Å²) in [6, 6.07) is 3.53. The van der Waals surface area contributed by atoms with E-state index in [1.165, 1.54) is 11.8 Å². The summed E-state index contributed by atoms with van der Waals surface area (Å²) in [4.78, 5) is 13.9. The van der Waals surface area contributed by atoms with Crippen molar-refractivity contribution in [3.05, 3.63) is 24.2 Å². The Balaban J connectivity index is 2.34. The molecular formula is C13H20N2O2S2. The van der Waals surface area contributed by atoms with E-state index >= 15 is 0 Å². The summed E-state index contributed by atoms with van der Waals surface area (Å²) in [6.07, 6.45) is 1.60. The summed E-state index contributed by atoms with van der Waals surface area (Å²) < 4.78 is 6.01. The van der Waals surface area contributed by atoms with E-state index < -0.39 is 0 Å². The molecule has 0 aliphatic heterocycles. The highest BCUT2D eigenvalue weighted by Crippen LogP contribution is 2.13. The molecule has 4 nitrogen and oxygen atoms in total. The number of rotatable bonds is 6. The van der Waals surface area contributed by atoms with Crippen LogP contribution in [0.3, 0.4) is 0 Å². The van der Waals surface area contributed by atoms with Gasteiger partial charge in [0.1, 0.15) is 10.1 Å².